The van der Waals surface area contributed by atoms with Gasteiger partial charge in [0.05, 0.1) is 12.1 Å². The zero-order valence-corrected chi connectivity index (χ0v) is 10.00. The fraction of sp³-hybridized carbons (Fsp3) is 0.800. The van der Waals surface area contributed by atoms with E-state index >= 15 is 0 Å². The van der Waals surface area contributed by atoms with Crippen molar-refractivity contribution in [1.82, 2.24) is 10.2 Å². The van der Waals surface area contributed by atoms with Crippen molar-refractivity contribution in [3.63, 3.8) is 0 Å². The Kier molecular flexibility index (Phi) is 4.74. The second-order valence-corrected chi connectivity index (χ2v) is 4.29. The van der Waals surface area contributed by atoms with Crippen LogP contribution >= 0.6 is 0 Å². The predicted molar refractivity (Wildman–Crippen MR) is 57.2 cm³/mol. The average molecular weight is 216 g/mol. The predicted octanol–water partition coefficient (Wildman–Crippen LogP) is -0.260. The summed E-state index contributed by atoms with van der Waals surface area (Å²) in [6.07, 6.45) is 0. The van der Waals surface area contributed by atoms with Crippen LogP contribution in [0.3, 0.4) is 0 Å². The van der Waals surface area contributed by atoms with Crippen molar-refractivity contribution in [2.45, 2.75) is 39.3 Å². The molecule has 2 N–H and O–H groups in total. The number of hydrogen-bond donors (Lipinski definition) is 2. The summed E-state index contributed by atoms with van der Waals surface area (Å²) in [6.45, 7) is 6.37. The quantitative estimate of drug-likeness (QED) is 0.680. The Morgan fingerprint density at radius 3 is 2.27 bits per heavy atom. The minimum atomic E-state index is -0.621. The van der Waals surface area contributed by atoms with Gasteiger partial charge in [-0.05, 0) is 20.8 Å². The molecule has 0 aromatic rings. The van der Waals surface area contributed by atoms with Crippen LogP contribution in [0.1, 0.15) is 27.7 Å². The zero-order valence-electron chi connectivity index (χ0n) is 10.00. The number of aliphatic hydroxyl groups is 1. The molecule has 0 bridgehead atoms. The van der Waals surface area contributed by atoms with Crippen LogP contribution in [0.4, 0.5) is 0 Å². The van der Waals surface area contributed by atoms with Crippen molar-refractivity contribution in [3.05, 3.63) is 0 Å². The monoisotopic (exact) mass is 216 g/mol. The molecule has 0 aliphatic carbocycles. The van der Waals surface area contributed by atoms with Gasteiger partial charge in [0.2, 0.25) is 11.8 Å². The van der Waals surface area contributed by atoms with Crippen molar-refractivity contribution in [3.8, 4) is 0 Å². The van der Waals surface area contributed by atoms with Crippen LogP contribution in [0.5, 0.6) is 0 Å². The third-order valence-electron chi connectivity index (χ3n) is 2.42. The van der Waals surface area contributed by atoms with Gasteiger partial charge >= 0.3 is 0 Å². The lowest BCUT2D eigenvalue weighted by Crippen LogP contribution is -2.54. The van der Waals surface area contributed by atoms with E-state index in [2.05, 4.69) is 5.32 Å². The maximum absolute atomic E-state index is 11.8. The van der Waals surface area contributed by atoms with Crippen molar-refractivity contribution < 1.29 is 14.7 Å². The summed E-state index contributed by atoms with van der Waals surface area (Å²) in [4.78, 5) is 24.0. The van der Waals surface area contributed by atoms with E-state index in [0.29, 0.717) is 0 Å². The Morgan fingerprint density at radius 1 is 1.47 bits per heavy atom. The van der Waals surface area contributed by atoms with Gasteiger partial charge in [-0.25, -0.2) is 0 Å². The van der Waals surface area contributed by atoms with E-state index in [4.69, 9.17) is 5.11 Å². The summed E-state index contributed by atoms with van der Waals surface area (Å²) in [7, 11) is 1.61. The standard InChI is InChI=1S/C10H20N2O3/c1-7(11-8(2)14)9(15)12(5)10(3,4)6-13/h7,13H,6H2,1-5H3,(H,11,14). The molecule has 0 aliphatic heterocycles. The Labute approximate surface area is 90.5 Å². The zero-order chi connectivity index (χ0) is 12.2. The Hall–Kier alpha value is -1.10. The highest BCUT2D eigenvalue weighted by molar-refractivity contribution is 5.86. The van der Waals surface area contributed by atoms with Gasteiger partial charge in [0, 0.05) is 14.0 Å². The Morgan fingerprint density at radius 2 is 1.93 bits per heavy atom. The highest BCUT2D eigenvalue weighted by Crippen LogP contribution is 2.12. The molecule has 2 amide bonds. The average Bonchev–Trinajstić information content (AvgIpc) is 2.14. The van der Waals surface area contributed by atoms with E-state index in [1.165, 1.54) is 11.8 Å². The van der Waals surface area contributed by atoms with E-state index in [-0.39, 0.29) is 18.4 Å². The summed E-state index contributed by atoms with van der Waals surface area (Å²) < 4.78 is 0. The lowest BCUT2D eigenvalue weighted by atomic mass is 10.0. The molecule has 1 atom stereocenters. The molecule has 0 aliphatic rings. The molecule has 5 heteroatoms. The molecular weight excluding hydrogens is 196 g/mol. The molecule has 0 heterocycles. The van der Waals surface area contributed by atoms with Crippen LogP contribution in [0.25, 0.3) is 0 Å². The molecule has 0 fully saturated rings. The molecule has 5 nitrogen and oxygen atoms in total. The lowest BCUT2D eigenvalue weighted by Gasteiger charge is -2.35. The van der Waals surface area contributed by atoms with Crippen LogP contribution in [0, 0.1) is 0 Å². The summed E-state index contributed by atoms with van der Waals surface area (Å²) in [5.74, 6) is -0.463. The Balaban J connectivity index is 4.51. The minimum Gasteiger partial charge on any atom is -0.394 e. The second kappa shape index (κ2) is 5.11. The smallest absolute Gasteiger partial charge is 0.245 e. The first-order valence-corrected chi connectivity index (χ1v) is 4.88. The van der Waals surface area contributed by atoms with E-state index < -0.39 is 11.6 Å². The fourth-order valence-electron chi connectivity index (χ4n) is 1.06. The van der Waals surface area contributed by atoms with Crippen molar-refractivity contribution in [2.75, 3.05) is 13.7 Å². The number of hydrogen-bond acceptors (Lipinski definition) is 3. The number of rotatable bonds is 4. The SMILES string of the molecule is CC(=O)NC(C)C(=O)N(C)C(C)(C)CO. The molecule has 0 rings (SSSR count). The molecule has 0 saturated carbocycles. The summed E-state index contributed by atoms with van der Waals surface area (Å²) in [6, 6.07) is -0.571. The number of nitrogens with zero attached hydrogens (tertiary/aromatic N) is 1. The highest BCUT2D eigenvalue weighted by atomic mass is 16.3. The van der Waals surface area contributed by atoms with Gasteiger partial charge in [0.15, 0.2) is 0 Å². The molecule has 0 aromatic heterocycles. The molecular formula is C10H20N2O3. The van der Waals surface area contributed by atoms with Gasteiger partial charge in [-0.15, -0.1) is 0 Å². The molecule has 0 spiro atoms. The van der Waals surface area contributed by atoms with Crippen LogP contribution in [-0.4, -0.2) is 47.1 Å². The third-order valence-corrected chi connectivity index (χ3v) is 2.42. The molecule has 0 saturated heterocycles. The van der Waals surface area contributed by atoms with Crippen molar-refractivity contribution >= 4 is 11.8 Å². The molecule has 0 radical (unpaired) electrons. The number of likely N-dealkylation sites (N-methyl/N-ethyl adjacent to an activating group) is 1. The van der Waals surface area contributed by atoms with E-state index in [9.17, 15) is 9.59 Å². The minimum absolute atomic E-state index is 0.123. The van der Waals surface area contributed by atoms with Crippen LogP contribution in [0.15, 0.2) is 0 Å². The van der Waals surface area contributed by atoms with Gasteiger partial charge < -0.3 is 15.3 Å². The largest absolute Gasteiger partial charge is 0.394 e. The molecule has 1 unspecified atom stereocenters. The van der Waals surface area contributed by atoms with E-state index in [0.717, 1.165) is 0 Å². The second-order valence-electron chi connectivity index (χ2n) is 4.29. The third kappa shape index (κ3) is 3.87. The highest BCUT2D eigenvalue weighted by Gasteiger charge is 2.29. The summed E-state index contributed by atoms with van der Waals surface area (Å²) in [5, 5.41) is 11.6. The van der Waals surface area contributed by atoms with E-state index in [1.807, 2.05) is 0 Å². The van der Waals surface area contributed by atoms with Crippen LogP contribution in [0.2, 0.25) is 0 Å². The first-order chi connectivity index (χ1) is 6.72. The molecule has 0 aromatic carbocycles. The molecule has 15 heavy (non-hydrogen) atoms. The lowest BCUT2D eigenvalue weighted by molar-refractivity contribution is -0.139. The number of carbonyl (C=O) groups excluding carboxylic acids is 2. The number of carbonyl (C=O) groups is 2. The van der Waals surface area contributed by atoms with Gasteiger partial charge in [0.1, 0.15) is 6.04 Å². The maximum atomic E-state index is 11.8. The van der Waals surface area contributed by atoms with Gasteiger partial charge in [-0.1, -0.05) is 0 Å². The van der Waals surface area contributed by atoms with Crippen LogP contribution < -0.4 is 5.32 Å². The Bertz CT molecular complexity index is 251. The number of amides is 2. The van der Waals surface area contributed by atoms with E-state index in [1.54, 1.807) is 27.8 Å². The molecule has 88 valence electrons. The van der Waals surface area contributed by atoms with Gasteiger partial charge in [-0.3, -0.25) is 9.59 Å². The van der Waals surface area contributed by atoms with Gasteiger partial charge in [-0.2, -0.15) is 0 Å². The van der Waals surface area contributed by atoms with Crippen molar-refractivity contribution in [1.29, 1.82) is 0 Å². The maximum Gasteiger partial charge on any atom is 0.245 e. The fourth-order valence-corrected chi connectivity index (χ4v) is 1.06. The summed E-state index contributed by atoms with van der Waals surface area (Å²) >= 11 is 0. The topological polar surface area (TPSA) is 69.6 Å². The first kappa shape index (κ1) is 13.9. The van der Waals surface area contributed by atoms with Gasteiger partial charge in [0.25, 0.3) is 0 Å². The summed E-state index contributed by atoms with van der Waals surface area (Å²) in [5.41, 5.74) is -0.621. The normalized spacial score (nSPS) is 13.2. The number of aliphatic hydroxyl groups excluding tert-OH is 1. The number of nitrogens with one attached hydrogen (secondary N) is 1. The van der Waals surface area contributed by atoms with Crippen molar-refractivity contribution in [2.24, 2.45) is 0 Å². The first-order valence-electron chi connectivity index (χ1n) is 4.88. The van der Waals surface area contributed by atoms with Crippen LogP contribution in [-0.2, 0) is 9.59 Å².